The normalized spacial score (nSPS) is 15.1. The number of benzene rings is 2. The molecule has 3 heterocycles. The van der Waals surface area contributed by atoms with Gasteiger partial charge in [-0.05, 0) is 72.7 Å². The summed E-state index contributed by atoms with van der Waals surface area (Å²) in [4.78, 5) is 44.6. The Morgan fingerprint density at radius 1 is 1.04 bits per heavy atom. The zero-order valence-electron chi connectivity index (χ0n) is 26.3. The molecule has 2 aromatic heterocycles. The molecule has 2 aromatic carbocycles. The number of allylic oxidation sites excluding steroid dienone is 1. The zero-order chi connectivity index (χ0) is 33.1. The molecular weight excluding hydrogens is 619 g/mol. The van der Waals surface area contributed by atoms with Gasteiger partial charge in [0, 0.05) is 36.4 Å². The molecule has 0 atom stereocenters. The van der Waals surface area contributed by atoms with Crippen LogP contribution in [0.25, 0.3) is 10.4 Å². The van der Waals surface area contributed by atoms with Crippen molar-refractivity contribution in [3.63, 3.8) is 0 Å². The molecule has 1 saturated heterocycles. The standard InChI is InChI=1S/C34H35FN8O3S/c1-34(2,3)28(36)16-29(40-23-11-9-20-6-4-7-21(20)14-23)42-31(45)41-24-17-37-32(38-18-24)46-26-12-10-22(15-25(26)35)27-19-39-33(47-27)43-13-5-8-30(43)44/h9-12,14-19H,4-8,13,36H2,1-3H3,(H2,40,41,42,45)/b28-16-. The summed E-state index contributed by atoms with van der Waals surface area (Å²) >= 11 is 1.33. The van der Waals surface area contributed by atoms with E-state index in [-0.39, 0.29) is 34.6 Å². The number of halogens is 1. The maximum atomic E-state index is 15.0. The molecule has 6 rings (SSSR count). The quantitative estimate of drug-likeness (QED) is 0.145. The average Bonchev–Trinajstić information content (AvgIpc) is 3.79. The van der Waals surface area contributed by atoms with E-state index in [1.54, 1.807) is 23.2 Å². The van der Waals surface area contributed by atoms with Crippen LogP contribution in [-0.2, 0) is 17.6 Å². The zero-order valence-corrected chi connectivity index (χ0v) is 27.2. The summed E-state index contributed by atoms with van der Waals surface area (Å²) in [6.45, 7) is 6.57. The van der Waals surface area contributed by atoms with Crippen molar-refractivity contribution in [1.29, 1.82) is 0 Å². The minimum atomic E-state index is -0.613. The van der Waals surface area contributed by atoms with Crippen LogP contribution in [0.15, 0.2) is 71.8 Å². The molecule has 1 aliphatic carbocycles. The van der Waals surface area contributed by atoms with Crippen LogP contribution in [0.2, 0.25) is 0 Å². The number of carbonyl (C=O) groups is 2. The number of nitrogens with one attached hydrogen (secondary N) is 2. The summed E-state index contributed by atoms with van der Waals surface area (Å²) in [5.41, 5.74) is 10.7. The van der Waals surface area contributed by atoms with Gasteiger partial charge in [0.2, 0.25) is 5.91 Å². The molecule has 4 aromatic rings. The smallest absolute Gasteiger partial charge is 0.324 e. The highest BCUT2D eigenvalue weighted by Crippen LogP contribution is 2.35. The number of aromatic nitrogens is 3. The van der Waals surface area contributed by atoms with E-state index >= 15 is 0 Å². The SMILES string of the molecule is CC(C)(C)/C(N)=C/C(=Nc1ccc2c(c1)CCC2)NC(=O)Nc1cnc(Oc2ccc(-c3cnc(N4CCCC4=O)s3)cc2F)nc1. The van der Waals surface area contributed by atoms with Crippen LogP contribution in [0.5, 0.6) is 11.8 Å². The number of hydrogen-bond acceptors (Lipinski definition) is 9. The van der Waals surface area contributed by atoms with Gasteiger partial charge >= 0.3 is 12.0 Å². The second-order valence-electron chi connectivity index (χ2n) is 12.4. The molecule has 0 bridgehead atoms. The third-order valence-corrected chi connectivity index (χ3v) is 8.90. The molecular formula is C34H35FN8O3S. The second-order valence-corrected chi connectivity index (χ2v) is 13.4. The number of ether oxygens (including phenoxy) is 1. The van der Waals surface area contributed by atoms with Gasteiger partial charge in [0.25, 0.3) is 0 Å². The summed E-state index contributed by atoms with van der Waals surface area (Å²) in [6.07, 6.45) is 10.5. The first-order valence-electron chi connectivity index (χ1n) is 15.3. The van der Waals surface area contributed by atoms with Gasteiger partial charge in [-0.1, -0.05) is 38.2 Å². The van der Waals surface area contributed by atoms with Crippen molar-refractivity contribution in [3.05, 3.63) is 83.7 Å². The van der Waals surface area contributed by atoms with E-state index in [0.29, 0.717) is 29.4 Å². The van der Waals surface area contributed by atoms with E-state index in [0.717, 1.165) is 36.2 Å². The number of thiazole rings is 1. The minimum Gasteiger partial charge on any atom is -0.421 e. The van der Waals surface area contributed by atoms with E-state index in [4.69, 9.17) is 10.5 Å². The van der Waals surface area contributed by atoms with Crippen LogP contribution in [0, 0.1) is 11.2 Å². The molecule has 0 radical (unpaired) electrons. The van der Waals surface area contributed by atoms with E-state index in [2.05, 4.69) is 36.6 Å². The number of urea groups is 1. The van der Waals surface area contributed by atoms with Crippen LogP contribution < -0.4 is 26.0 Å². The largest absolute Gasteiger partial charge is 0.421 e. The highest BCUT2D eigenvalue weighted by molar-refractivity contribution is 7.19. The molecule has 4 N–H and O–H groups in total. The Labute approximate surface area is 275 Å². The lowest BCUT2D eigenvalue weighted by atomic mass is 9.92. The van der Waals surface area contributed by atoms with Gasteiger partial charge in [-0.2, -0.15) is 0 Å². The fourth-order valence-electron chi connectivity index (χ4n) is 5.15. The highest BCUT2D eigenvalue weighted by Gasteiger charge is 2.24. The lowest BCUT2D eigenvalue weighted by molar-refractivity contribution is -0.117. The number of hydrogen-bond donors (Lipinski definition) is 3. The number of amidine groups is 1. The lowest BCUT2D eigenvalue weighted by Gasteiger charge is -2.19. The van der Waals surface area contributed by atoms with Gasteiger partial charge in [0.1, 0.15) is 5.84 Å². The van der Waals surface area contributed by atoms with Gasteiger partial charge < -0.3 is 15.8 Å². The Morgan fingerprint density at radius 3 is 2.55 bits per heavy atom. The maximum Gasteiger partial charge on any atom is 0.324 e. The van der Waals surface area contributed by atoms with Crippen molar-refractivity contribution in [3.8, 4) is 22.2 Å². The third-order valence-electron chi connectivity index (χ3n) is 7.83. The van der Waals surface area contributed by atoms with E-state index in [9.17, 15) is 14.0 Å². The van der Waals surface area contributed by atoms with Crippen molar-refractivity contribution < 1.29 is 18.7 Å². The number of nitrogens with two attached hydrogens (primary N) is 1. The average molecular weight is 655 g/mol. The van der Waals surface area contributed by atoms with Crippen LogP contribution >= 0.6 is 11.3 Å². The van der Waals surface area contributed by atoms with Crippen molar-refractivity contribution >= 4 is 45.6 Å². The molecule has 3 amide bonds. The van der Waals surface area contributed by atoms with Gasteiger partial charge in [-0.25, -0.2) is 29.1 Å². The molecule has 11 nitrogen and oxygen atoms in total. The summed E-state index contributed by atoms with van der Waals surface area (Å²) in [5, 5.41) is 6.05. The third kappa shape index (κ3) is 7.63. The number of nitrogens with zero attached hydrogens (tertiary/aromatic N) is 5. The van der Waals surface area contributed by atoms with Crippen LogP contribution in [-0.4, -0.2) is 39.3 Å². The first-order chi connectivity index (χ1) is 22.5. The van der Waals surface area contributed by atoms with E-state index in [1.807, 2.05) is 32.9 Å². The fourth-order valence-corrected chi connectivity index (χ4v) is 6.10. The summed E-state index contributed by atoms with van der Waals surface area (Å²) in [5.74, 6) is -0.350. The second kappa shape index (κ2) is 13.3. The highest BCUT2D eigenvalue weighted by atomic mass is 32.1. The monoisotopic (exact) mass is 654 g/mol. The molecule has 242 valence electrons. The molecule has 13 heteroatoms. The predicted molar refractivity (Wildman–Crippen MR) is 181 cm³/mol. The molecule has 0 saturated carbocycles. The minimum absolute atomic E-state index is 0.0464. The number of aliphatic imine (C=N–C) groups is 1. The number of aryl methyl sites for hydroxylation is 2. The van der Waals surface area contributed by atoms with Crippen LogP contribution in [0.3, 0.4) is 0 Å². The van der Waals surface area contributed by atoms with Crippen LogP contribution in [0.4, 0.5) is 25.7 Å². The van der Waals surface area contributed by atoms with Crippen molar-refractivity contribution in [1.82, 2.24) is 20.3 Å². The number of carbonyl (C=O) groups excluding carboxylic acids is 2. The van der Waals surface area contributed by atoms with Crippen LogP contribution in [0.1, 0.15) is 51.2 Å². The van der Waals surface area contributed by atoms with Gasteiger partial charge in [0.15, 0.2) is 16.7 Å². The molecule has 0 spiro atoms. The Morgan fingerprint density at radius 2 is 1.83 bits per heavy atom. The number of rotatable bonds is 7. The summed E-state index contributed by atoms with van der Waals surface area (Å²) in [6, 6.07) is 9.89. The predicted octanol–water partition coefficient (Wildman–Crippen LogP) is 6.89. The van der Waals surface area contributed by atoms with Crippen molar-refractivity contribution in [2.45, 2.75) is 52.9 Å². The van der Waals surface area contributed by atoms with Gasteiger partial charge in [-0.15, -0.1) is 0 Å². The first-order valence-corrected chi connectivity index (χ1v) is 16.2. The fraction of sp³-hybridized carbons (Fsp3) is 0.294. The number of amides is 3. The summed E-state index contributed by atoms with van der Waals surface area (Å²) in [7, 11) is 0. The van der Waals surface area contributed by atoms with E-state index < -0.39 is 11.8 Å². The Hall–Kier alpha value is -5.17. The lowest BCUT2D eigenvalue weighted by Crippen LogP contribution is -2.34. The number of fused-ring (bicyclic) bond motifs is 1. The Bertz CT molecular complexity index is 1880. The molecule has 1 aliphatic heterocycles. The Balaban J connectivity index is 1.10. The van der Waals surface area contributed by atoms with Crippen molar-refractivity contribution in [2.24, 2.45) is 16.1 Å². The molecule has 1 fully saturated rings. The van der Waals surface area contributed by atoms with Gasteiger partial charge in [0.05, 0.1) is 28.6 Å². The van der Waals surface area contributed by atoms with Crippen molar-refractivity contribution in [2.75, 3.05) is 16.8 Å². The summed E-state index contributed by atoms with van der Waals surface area (Å²) < 4.78 is 20.6. The van der Waals surface area contributed by atoms with Gasteiger partial charge in [-0.3, -0.25) is 15.0 Å². The number of anilines is 2. The molecule has 2 aliphatic rings. The maximum absolute atomic E-state index is 15.0. The first kappa shape index (κ1) is 31.8. The molecule has 47 heavy (non-hydrogen) atoms. The Kier molecular flexibility index (Phi) is 8.99. The van der Waals surface area contributed by atoms with E-state index in [1.165, 1.54) is 47.0 Å². The topological polar surface area (TPSA) is 148 Å². The molecule has 0 unspecified atom stereocenters.